The highest BCUT2D eigenvalue weighted by Gasteiger charge is 2.24. The fourth-order valence-electron chi connectivity index (χ4n) is 5.60. The number of rotatable bonds is 9. The van der Waals surface area contributed by atoms with Gasteiger partial charge in [0.15, 0.2) is 0 Å². The Kier molecular flexibility index (Phi) is 8.16. The molecule has 0 radical (unpaired) electrons. The second-order valence-corrected chi connectivity index (χ2v) is 10.4. The van der Waals surface area contributed by atoms with Gasteiger partial charge in [0, 0.05) is 42.3 Å². The van der Waals surface area contributed by atoms with Crippen LogP contribution >= 0.6 is 0 Å². The number of nitrogens with zero attached hydrogens (tertiary/aromatic N) is 2. The molecule has 2 N–H and O–H groups in total. The van der Waals surface area contributed by atoms with Crippen molar-refractivity contribution in [3.8, 4) is 5.75 Å². The van der Waals surface area contributed by atoms with Gasteiger partial charge in [-0.25, -0.2) is 4.79 Å². The van der Waals surface area contributed by atoms with E-state index in [0.717, 1.165) is 28.6 Å². The summed E-state index contributed by atoms with van der Waals surface area (Å²) in [6.45, 7) is 3.19. The summed E-state index contributed by atoms with van der Waals surface area (Å²) in [5, 5.41) is 13.3. The zero-order valence-corrected chi connectivity index (χ0v) is 22.3. The first-order valence-corrected chi connectivity index (χ1v) is 13.6. The number of carbonyl (C=O) groups is 3. The normalized spacial score (nSPS) is 16.0. The molecule has 1 aromatic heterocycles. The molecule has 2 fully saturated rings. The zero-order chi connectivity index (χ0) is 27.4. The van der Waals surface area contributed by atoms with Gasteiger partial charge in [0.1, 0.15) is 5.75 Å². The van der Waals surface area contributed by atoms with Crippen molar-refractivity contribution < 1.29 is 29.0 Å². The van der Waals surface area contributed by atoms with Crippen LogP contribution in [0.1, 0.15) is 57.5 Å². The van der Waals surface area contributed by atoms with Crippen molar-refractivity contribution in [3.63, 3.8) is 0 Å². The summed E-state index contributed by atoms with van der Waals surface area (Å²) in [6.07, 6.45) is 6.94. The second kappa shape index (κ2) is 11.9. The van der Waals surface area contributed by atoms with E-state index < -0.39 is 5.97 Å². The first-order chi connectivity index (χ1) is 18.9. The molecule has 2 amide bonds. The van der Waals surface area contributed by atoms with Gasteiger partial charge < -0.3 is 29.4 Å². The molecule has 1 saturated carbocycles. The van der Waals surface area contributed by atoms with Crippen molar-refractivity contribution in [2.75, 3.05) is 40.0 Å². The monoisotopic (exact) mass is 533 g/mol. The molecule has 1 aliphatic carbocycles. The van der Waals surface area contributed by atoms with Crippen LogP contribution in [-0.2, 0) is 22.5 Å². The topological polar surface area (TPSA) is 110 Å². The van der Waals surface area contributed by atoms with Crippen molar-refractivity contribution in [1.82, 2.24) is 14.8 Å². The lowest BCUT2D eigenvalue weighted by molar-refractivity contribution is -0.120. The van der Waals surface area contributed by atoms with Crippen molar-refractivity contribution in [3.05, 3.63) is 64.8 Å². The zero-order valence-electron chi connectivity index (χ0n) is 22.3. The van der Waals surface area contributed by atoms with E-state index in [1.807, 2.05) is 29.0 Å². The minimum absolute atomic E-state index is 0.00472. The number of aromatic carboxylic acids is 1. The number of morpholine rings is 1. The quantitative estimate of drug-likeness (QED) is 0.434. The molecule has 0 atom stereocenters. The number of aromatic nitrogens is 1. The van der Waals surface area contributed by atoms with E-state index >= 15 is 0 Å². The van der Waals surface area contributed by atoms with Crippen LogP contribution in [0.15, 0.2) is 42.6 Å². The van der Waals surface area contributed by atoms with E-state index in [2.05, 4.69) is 5.32 Å². The maximum atomic E-state index is 13.5. The lowest BCUT2D eigenvalue weighted by Crippen LogP contribution is -2.40. The molecule has 39 heavy (non-hydrogen) atoms. The number of hydrogen-bond donors (Lipinski definition) is 2. The van der Waals surface area contributed by atoms with Gasteiger partial charge in [0.2, 0.25) is 5.91 Å². The van der Waals surface area contributed by atoms with Gasteiger partial charge in [-0.15, -0.1) is 0 Å². The van der Waals surface area contributed by atoms with Gasteiger partial charge in [0.25, 0.3) is 5.91 Å². The Balaban J connectivity index is 1.45. The predicted molar refractivity (Wildman–Crippen MR) is 146 cm³/mol. The fraction of sp³-hybridized carbons (Fsp3) is 0.433. The molecule has 0 unspecified atom stereocenters. The summed E-state index contributed by atoms with van der Waals surface area (Å²) in [4.78, 5) is 39.5. The molecular formula is C30H35N3O6. The van der Waals surface area contributed by atoms with E-state index in [9.17, 15) is 19.5 Å². The molecule has 3 aromatic rings. The van der Waals surface area contributed by atoms with Crippen LogP contribution in [0.2, 0.25) is 0 Å². The first kappa shape index (κ1) is 26.7. The number of carboxylic acid groups (broad SMARTS) is 1. The maximum absolute atomic E-state index is 13.5. The van der Waals surface area contributed by atoms with Gasteiger partial charge in [-0.05, 0) is 42.5 Å². The Hall–Kier alpha value is -3.85. The maximum Gasteiger partial charge on any atom is 0.335 e. The number of ether oxygens (including phenoxy) is 2. The third-order valence-electron chi connectivity index (χ3n) is 7.78. The number of nitrogens with one attached hydrogen (secondary N) is 1. The molecule has 2 aliphatic rings. The van der Waals surface area contributed by atoms with E-state index in [1.54, 1.807) is 17.0 Å². The lowest BCUT2D eigenvalue weighted by Gasteiger charge is -2.26. The Morgan fingerprint density at radius 1 is 1.08 bits per heavy atom. The molecule has 1 saturated heterocycles. The van der Waals surface area contributed by atoms with Crippen LogP contribution in [0.5, 0.6) is 5.75 Å². The fourth-order valence-corrected chi connectivity index (χ4v) is 5.60. The highest BCUT2D eigenvalue weighted by atomic mass is 16.5. The number of methoxy groups -OCH3 is 1. The third-order valence-corrected chi connectivity index (χ3v) is 7.78. The minimum atomic E-state index is -1.03. The number of carboxylic acids is 1. The molecule has 9 heteroatoms. The highest BCUT2D eigenvalue weighted by Crippen LogP contribution is 2.29. The lowest BCUT2D eigenvalue weighted by atomic mass is 10.1. The first-order valence-electron chi connectivity index (χ1n) is 13.6. The summed E-state index contributed by atoms with van der Waals surface area (Å²) >= 11 is 0. The summed E-state index contributed by atoms with van der Waals surface area (Å²) in [5.74, 6) is -0.0575. The molecule has 2 aromatic carbocycles. The summed E-state index contributed by atoms with van der Waals surface area (Å²) in [7, 11) is 1.51. The standard InChI is InChI=1S/C30H35N3O6/c1-38-27-16-22(30(36)37)7-8-23(27)18-33-19-25(29(35)32-10-12-39-13-11-32)24-9-6-21(14-26(24)33)15-28(34)31-17-20-4-2-3-5-20/h6-9,14,16,19-20H,2-5,10-13,15,17-18H2,1H3,(H,31,34)(H,36,37). The van der Waals surface area contributed by atoms with E-state index in [0.29, 0.717) is 50.1 Å². The largest absolute Gasteiger partial charge is 0.496 e. The van der Waals surface area contributed by atoms with Crippen molar-refractivity contribution in [2.24, 2.45) is 5.92 Å². The van der Waals surface area contributed by atoms with Gasteiger partial charge in [-0.2, -0.15) is 0 Å². The van der Waals surface area contributed by atoms with Gasteiger partial charge >= 0.3 is 5.97 Å². The minimum Gasteiger partial charge on any atom is -0.496 e. The summed E-state index contributed by atoms with van der Waals surface area (Å²) < 4.78 is 12.9. The van der Waals surface area contributed by atoms with E-state index in [4.69, 9.17) is 9.47 Å². The van der Waals surface area contributed by atoms with Crippen LogP contribution in [0.25, 0.3) is 10.9 Å². The Morgan fingerprint density at radius 2 is 1.85 bits per heavy atom. The number of amides is 2. The second-order valence-electron chi connectivity index (χ2n) is 10.4. The van der Waals surface area contributed by atoms with Gasteiger partial charge in [-0.3, -0.25) is 9.59 Å². The summed E-state index contributed by atoms with van der Waals surface area (Å²) in [5.41, 5.74) is 3.21. The van der Waals surface area contributed by atoms with E-state index in [-0.39, 0.29) is 23.8 Å². The molecule has 0 bridgehead atoms. The number of fused-ring (bicyclic) bond motifs is 1. The molecule has 0 spiro atoms. The number of benzene rings is 2. The number of carbonyl (C=O) groups excluding carboxylic acids is 2. The summed E-state index contributed by atoms with van der Waals surface area (Å²) in [6, 6.07) is 10.6. The van der Waals surface area contributed by atoms with Crippen molar-refractivity contribution >= 4 is 28.7 Å². The van der Waals surface area contributed by atoms with Crippen LogP contribution in [-0.4, -0.2) is 72.3 Å². The Morgan fingerprint density at radius 3 is 2.56 bits per heavy atom. The Bertz CT molecular complexity index is 1370. The van der Waals surface area contributed by atoms with Gasteiger partial charge in [-0.1, -0.05) is 31.0 Å². The molecule has 2 heterocycles. The van der Waals surface area contributed by atoms with Crippen molar-refractivity contribution in [2.45, 2.75) is 38.6 Å². The molecule has 5 rings (SSSR count). The van der Waals surface area contributed by atoms with Gasteiger partial charge in [0.05, 0.1) is 44.4 Å². The molecular weight excluding hydrogens is 498 g/mol. The van der Waals surface area contributed by atoms with Crippen LogP contribution in [0.4, 0.5) is 0 Å². The molecule has 206 valence electrons. The third kappa shape index (κ3) is 6.09. The number of hydrogen-bond acceptors (Lipinski definition) is 5. The Labute approximate surface area is 227 Å². The average Bonchev–Trinajstić information content (AvgIpc) is 3.60. The van der Waals surface area contributed by atoms with Crippen LogP contribution < -0.4 is 10.1 Å². The van der Waals surface area contributed by atoms with Crippen LogP contribution in [0, 0.1) is 5.92 Å². The van der Waals surface area contributed by atoms with Crippen molar-refractivity contribution in [1.29, 1.82) is 0 Å². The molecule has 9 nitrogen and oxygen atoms in total. The highest BCUT2D eigenvalue weighted by molar-refractivity contribution is 6.07. The van der Waals surface area contributed by atoms with Crippen LogP contribution in [0.3, 0.4) is 0 Å². The average molecular weight is 534 g/mol. The smallest absolute Gasteiger partial charge is 0.335 e. The predicted octanol–water partition coefficient (Wildman–Crippen LogP) is 3.72. The SMILES string of the molecule is COc1cc(C(=O)O)ccc1Cn1cc(C(=O)N2CCOCC2)c2ccc(CC(=O)NCC3CCCC3)cc21. The van der Waals surface area contributed by atoms with E-state index in [1.165, 1.54) is 38.9 Å². The molecule has 1 aliphatic heterocycles.